The average molecular weight is 420 g/mol. The number of nitriles is 1. The minimum absolute atomic E-state index is 0.119. The first-order valence-corrected chi connectivity index (χ1v) is 9.74. The number of hydrogen-bond donors (Lipinski definition) is 0. The van der Waals surface area contributed by atoms with Gasteiger partial charge in [-0.25, -0.2) is 0 Å². The molecular formula is C18H15Cl2N5OS. The number of carbonyl (C=O) groups is 1. The lowest BCUT2D eigenvalue weighted by Crippen LogP contribution is -2.37. The monoisotopic (exact) mass is 419 g/mol. The van der Waals surface area contributed by atoms with Crippen molar-refractivity contribution in [3.05, 3.63) is 52.6 Å². The smallest absolute Gasteiger partial charge is 0.240 e. The van der Waals surface area contributed by atoms with Crippen LogP contribution < -0.4 is 4.90 Å². The average Bonchev–Trinajstić information content (AvgIpc) is 3.05. The van der Waals surface area contributed by atoms with E-state index < -0.39 is 5.25 Å². The second-order valence-corrected chi connectivity index (χ2v) is 7.83. The van der Waals surface area contributed by atoms with Crippen molar-refractivity contribution in [1.29, 1.82) is 5.26 Å². The van der Waals surface area contributed by atoms with E-state index in [1.165, 1.54) is 11.8 Å². The Kier molecular flexibility index (Phi) is 6.22. The third-order valence-corrected chi connectivity index (χ3v) is 5.34. The summed E-state index contributed by atoms with van der Waals surface area (Å²) >= 11 is 13.5. The van der Waals surface area contributed by atoms with Crippen LogP contribution in [-0.2, 0) is 4.79 Å². The molecule has 0 bridgehead atoms. The molecule has 2 aromatic heterocycles. The van der Waals surface area contributed by atoms with Gasteiger partial charge in [-0.3, -0.25) is 9.20 Å². The number of rotatable bonds is 6. The Morgan fingerprint density at radius 3 is 2.78 bits per heavy atom. The number of aromatic nitrogens is 3. The SMILES string of the molecule is CC(Sc1nnc2c(Cl)cc(Cl)cn12)C(=O)N(CCC#N)c1ccccc1. The largest absolute Gasteiger partial charge is 0.310 e. The minimum Gasteiger partial charge on any atom is -0.310 e. The van der Waals surface area contributed by atoms with Crippen molar-refractivity contribution in [2.75, 3.05) is 11.4 Å². The predicted octanol–water partition coefficient (Wildman–Crippen LogP) is 4.46. The number of thioether (sulfide) groups is 1. The lowest BCUT2D eigenvalue weighted by molar-refractivity contribution is -0.117. The summed E-state index contributed by atoms with van der Waals surface area (Å²) in [5, 5.41) is 18.0. The molecule has 0 saturated heterocycles. The Morgan fingerprint density at radius 1 is 1.33 bits per heavy atom. The summed E-state index contributed by atoms with van der Waals surface area (Å²) in [5.74, 6) is -0.119. The van der Waals surface area contributed by atoms with Gasteiger partial charge in [0.15, 0.2) is 10.8 Å². The van der Waals surface area contributed by atoms with Gasteiger partial charge in [0.25, 0.3) is 0 Å². The van der Waals surface area contributed by atoms with E-state index in [4.69, 9.17) is 28.5 Å². The summed E-state index contributed by atoms with van der Waals surface area (Å²) in [4.78, 5) is 14.6. The van der Waals surface area contributed by atoms with Crippen LogP contribution >= 0.6 is 35.0 Å². The van der Waals surface area contributed by atoms with Crippen molar-refractivity contribution in [1.82, 2.24) is 14.6 Å². The number of halogens is 2. The number of anilines is 1. The van der Waals surface area contributed by atoms with Gasteiger partial charge in [-0.15, -0.1) is 10.2 Å². The molecule has 27 heavy (non-hydrogen) atoms. The topological polar surface area (TPSA) is 74.3 Å². The molecule has 3 aromatic rings. The highest BCUT2D eigenvalue weighted by Crippen LogP contribution is 2.29. The maximum atomic E-state index is 13.0. The van der Waals surface area contributed by atoms with Crippen LogP contribution in [0.2, 0.25) is 10.0 Å². The maximum absolute atomic E-state index is 13.0. The van der Waals surface area contributed by atoms with Crippen molar-refractivity contribution in [2.45, 2.75) is 23.8 Å². The normalized spacial score (nSPS) is 11.9. The lowest BCUT2D eigenvalue weighted by atomic mass is 10.2. The molecule has 0 spiro atoms. The Bertz CT molecular complexity index is 1000. The third-order valence-electron chi connectivity index (χ3n) is 3.81. The van der Waals surface area contributed by atoms with E-state index in [9.17, 15) is 4.79 Å². The standard InChI is InChI=1S/C18H15Cl2N5OS/c1-12(17(26)24(9-5-8-21)14-6-3-2-4-7-14)27-18-23-22-16-15(20)10-13(19)11-25(16)18/h2-4,6-7,10-12H,5,9H2,1H3. The van der Waals surface area contributed by atoms with Gasteiger partial charge < -0.3 is 4.90 Å². The van der Waals surface area contributed by atoms with E-state index in [0.29, 0.717) is 27.4 Å². The van der Waals surface area contributed by atoms with Gasteiger partial charge in [-0.05, 0) is 25.1 Å². The van der Waals surface area contributed by atoms with Gasteiger partial charge in [-0.2, -0.15) is 5.26 Å². The zero-order chi connectivity index (χ0) is 19.4. The maximum Gasteiger partial charge on any atom is 0.240 e. The summed E-state index contributed by atoms with van der Waals surface area (Å²) in [5.41, 5.74) is 1.23. The molecule has 2 heterocycles. The summed E-state index contributed by atoms with van der Waals surface area (Å²) in [6, 6.07) is 13.0. The van der Waals surface area contributed by atoms with Crippen molar-refractivity contribution < 1.29 is 4.79 Å². The first-order chi connectivity index (χ1) is 13.0. The van der Waals surface area contributed by atoms with Gasteiger partial charge in [0.2, 0.25) is 5.91 Å². The fourth-order valence-corrected chi connectivity index (χ4v) is 3.94. The van der Waals surface area contributed by atoms with Crippen molar-refractivity contribution in [2.24, 2.45) is 0 Å². The fraction of sp³-hybridized carbons (Fsp3) is 0.222. The number of hydrogen-bond acceptors (Lipinski definition) is 5. The van der Waals surface area contributed by atoms with Crippen molar-refractivity contribution in [3.8, 4) is 6.07 Å². The highest BCUT2D eigenvalue weighted by atomic mass is 35.5. The fourth-order valence-electron chi connectivity index (χ4n) is 2.55. The van der Waals surface area contributed by atoms with Crippen LogP contribution in [0.3, 0.4) is 0 Å². The molecule has 0 aliphatic carbocycles. The van der Waals surface area contributed by atoms with Crippen LogP contribution in [0.4, 0.5) is 5.69 Å². The van der Waals surface area contributed by atoms with Crippen molar-refractivity contribution in [3.63, 3.8) is 0 Å². The number of benzene rings is 1. The van der Waals surface area contributed by atoms with E-state index in [-0.39, 0.29) is 12.3 Å². The van der Waals surface area contributed by atoms with Gasteiger partial charge in [0.1, 0.15) is 0 Å². The second-order valence-electron chi connectivity index (χ2n) is 5.68. The van der Waals surface area contributed by atoms with Crippen LogP contribution in [0, 0.1) is 11.3 Å². The van der Waals surface area contributed by atoms with Gasteiger partial charge in [0.05, 0.1) is 27.8 Å². The third kappa shape index (κ3) is 4.35. The highest BCUT2D eigenvalue weighted by molar-refractivity contribution is 8.00. The van der Waals surface area contributed by atoms with Gasteiger partial charge >= 0.3 is 0 Å². The van der Waals surface area contributed by atoms with E-state index in [0.717, 1.165) is 5.69 Å². The second kappa shape index (κ2) is 8.61. The molecule has 9 heteroatoms. The molecule has 0 aliphatic heterocycles. The lowest BCUT2D eigenvalue weighted by Gasteiger charge is -2.24. The number of carbonyl (C=O) groups excluding carboxylic acids is 1. The number of fused-ring (bicyclic) bond motifs is 1. The summed E-state index contributed by atoms with van der Waals surface area (Å²) in [6.07, 6.45) is 1.91. The molecule has 6 nitrogen and oxygen atoms in total. The van der Waals surface area contributed by atoms with Gasteiger partial charge in [-0.1, -0.05) is 53.2 Å². The summed E-state index contributed by atoms with van der Waals surface area (Å²) in [7, 11) is 0. The quantitative estimate of drug-likeness (QED) is 0.551. The molecule has 0 saturated carbocycles. The minimum atomic E-state index is -0.450. The van der Waals surface area contributed by atoms with E-state index in [2.05, 4.69) is 16.3 Å². The number of para-hydroxylation sites is 1. The van der Waals surface area contributed by atoms with Crippen LogP contribution in [0.5, 0.6) is 0 Å². The molecule has 3 rings (SSSR count). The molecule has 138 valence electrons. The molecule has 0 radical (unpaired) electrons. The highest BCUT2D eigenvalue weighted by Gasteiger charge is 2.24. The van der Waals surface area contributed by atoms with Crippen molar-refractivity contribution >= 4 is 52.2 Å². The Balaban J connectivity index is 1.85. The van der Waals surface area contributed by atoms with Crippen LogP contribution in [0.1, 0.15) is 13.3 Å². The van der Waals surface area contributed by atoms with Crippen LogP contribution in [0.25, 0.3) is 5.65 Å². The van der Waals surface area contributed by atoms with Gasteiger partial charge in [0, 0.05) is 18.4 Å². The Hall–Kier alpha value is -2.27. The molecule has 1 atom stereocenters. The van der Waals surface area contributed by atoms with Crippen LogP contribution in [-0.4, -0.2) is 32.3 Å². The molecule has 0 aliphatic rings. The molecule has 0 N–H and O–H groups in total. The Labute approximate surface area is 170 Å². The zero-order valence-electron chi connectivity index (χ0n) is 14.3. The van der Waals surface area contributed by atoms with E-state index >= 15 is 0 Å². The van der Waals surface area contributed by atoms with Crippen LogP contribution in [0.15, 0.2) is 47.8 Å². The molecule has 1 amide bonds. The predicted molar refractivity (Wildman–Crippen MR) is 107 cm³/mol. The van der Waals surface area contributed by atoms with E-state index in [1.54, 1.807) is 28.5 Å². The zero-order valence-corrected chi connectivity index (χ0v) is 16.7. The van der Waals surface area contributed by atoms with E-state index in [1.807, 2.05) is 30.3 Å². The molecular weight excluding hydrogens is 405 g/mol. The number of nitrogens with zero attached hydrogens (tertiary/aromatic N) is 5. The first kappa shape index (κ1) is 19.5. The first-order valence-electron chi connectivity index (χ1n) is 8.11. The number of amides is 1. The molecule has 1 unspecified atom stereocenters. The summed E-state index contributed by atoms with van der Waals surface area (Å²) < 4.78 is 1.67. The molecule has 0 fully saturated rings. The summed E-state index contributed by atoms with van der Waals surface area (Å²) in [6.45, 7) is 2.12. The number of pyridine rings is 1. The molecule has 1 aromatic carbocycles. The Morgan fingerprint density at radius 2 is 2.07 bits per heavy atom.